The number of rotatable bonds is 5. The zero-order chi connectivity index (χ0) is 30.3. The molecular weight excluding hydrogens is 555 g/mol. The Hall–Kier alpha value is -4.90. The highest BCUT2D eigenvalue weighted by atomic mass is 19.4. The number of carbonyl (C=O) groups is 1. The number of carbonyl (C=O) groups excluding carboxylic acids is 1. The van der Waals surface area contributed by atoms with Gasteiger partial charge in [-0.2, -0.15) is 13.2 Å². The van der Waals surface area contributed by atoms with Crippen LogP contribution in [0.3, 0.4) is 0 Å². The average Bonchev–Trinajstić information content (AvgIpc) is 3.38. The average molecular weight is 586 g/mol. The summed E-state index contributed by atoms with van der Waals surface area (Å²) in [5.74, 6) is 1.20. The molecule has 0 saturated heterocycles. The zero-order valence-corrected chi connectivity index (χ0v) is 23.4. The maximum Gasteiger partial charge on any atom is 0.416 e. The summed E-state index contributed by atoms with van der Waals surface area (Å²) in [5, 5.41) is 6.81. The van der Waals surface area contributed by atoms with Crippen molar-refractivity contribution in [3.05, 3.63) is 90.0 Å². The summed E-state index contributed by atoms with van der Waals surface area (Å²) in [6, 6.07) is 15.1. The van der Waals surface area contributed by atoms with Gasteiger partial charge < -0.3 is 22.1 Å². The van der Waals surface area contributed by atoms with Crippen molar-refractivity contribution in [3.8, 4) is 11.3 Å². The second kappa shape index (κ2) is 11.1. The van der Waals surface area contributed by atoms with Crippen LogP contribution >= 0.6 is 0 Å². The summed E-state index contributed by atoms with van der Waals surface area (Å²) >= 11 is 0. The number of nitrogens with two attached hydrogens (primary N) is 2. The van der Waals surface area contributed by atoms with E-state index in [1.807, 2.05) is 37.3 Å². The van der Waals surface area contributed by atoms with E-state index in [9.17, 15) is 18.0 Å². The number of imidazole rings is 1. The quantitative estimate of drug-likeness (QED) is 0.173. The van der Waals surface area contributed by atoms with Gasteiger partial charge in [0.25, 0.3) is 0 Å². The van der Waals surface area contributed by atoms with Crippen LogP contribution in [0.2, 0.25) is 0 Å². The van der Waals surface area contributed by atoms with Crippen LogP contribution in [-0.2, 0) is 12.6 Å². The highest BCUT2D eigenvalue weighted by molar-refractivity contribution is 6.11. The molecule has 2 amide bonds. The van der Waals surface area contributed by atoms with Crippen LogP contribution in [0, 0.1) is 0 Å². The molecule has 0 fully saturated rings. The van der Waals surface area contributed by atoms with Gasteiger partial charge in [-0.05, 0) is 54.5 Å². The SMILES string of the molecule is CCc1nc(-c2ccc(NC(=O)Nc3cccc(C(F)(F)F)c3)c3ccccc23)c2c(N)ncc(C3=CCC(N)CC3)n12. The van der Waals surface area contributed by atoms with Crippen molar-refractivity contribution in [2.75, 3.05) is 16.4 Å². The number of benzene rings is 3. The van der Waals surface area contributed by atoms with E-state index in [-0.39, 0.29) is 11.7 Å². The molecule has 1 unspecified atom stereocenters. The predicted molar refractivity (Wildman–Crippen MR) is 164 cm³/mol. The van der Waals surface area contributed by atoms with Gasteiger partial charge in [0.1, 0.15) is 22.9 Å². The number of aromatic nitrogens is 3. The molecule has 0 radical (unpaired) electrons. The maximum absolute atomic E-state index is 13.1. The molecule has 2 aromatic heterocycles. The molecule has 11 heteroatoms. The lowest BCUT2D eigenvalue weighted by Gasteiger charge is -2.20. The fourth-order valence-electron chi connectivity index (χ4n) is 5.62. The minimum Gasteiger partial charge on any atom is -0.382 e. The highest BCUT2D eigenvalue weighted by Gasteiger charge is 2.30. The first kappa shape index (κ1) is 28.2. The number of amides is 2. The first-order valence-corrected chi connectivity index (χ1v) is 14.0. The molecule has 5 aromatic rings. The standard InChI is InChI=1S/C32H30F3N7O/c1-2-27-41-28(29-30(37)38-17-26(42(27)29)18-10-12-20(36)13-11-18)24-14-15-25(23-9-4-3-8-22(23)24)40-31(43)39-21-7-5-6-19(16-21)32(33,34)35/h3-10,14-17,20H,2,11-13,36H2,1H3,(H2,37,38)(H2,39,40,43). The monoisotopic (exact) mass is 585 g/mol. The molecule has 0 aliphatic heterocycles. The summed E-state index contributed by atoms with van der Waals surface area (Å²) in [6.45, 7) is 2.04. The third-order valence-electron chi connectivity index (χ3n) is 7.73. The van der Waals surface area contributed by atoms with E-state index in [0.717, 1.165) is 64.8 Å². The zero-order valence-electron chi connectivity index (χ0n) is 23.4. The number of halogens is 3. The summed E-state index contributed by atoms with van der Waals surface area (Å²) < 4.78 is 41.5. The Morgan fingerprint density at radius 2 is 1.86 bits per heavy atom. The van der Waals surface area contributed by atoms with Gasteiger partial charge >= 0.3 is 12.2 Å². The lowest BCUT2D eigenvalue weighted by atomic mass is 9.94. The van der Waals surface area contributed by atoms with Gasteiger partial charge in [0, 0.05) is 29.1 Å². The lowest BCUT2D eigenvalue weighted by Crippen LogP contribution is -2.22. The Morgan fingerprint density at radius 3 is 2.58 bits per heavy atom. The van der Waals surface area contributed by atoms with E-state index >= 15 is 0 Å². The molecule has 8 nitrogen and oxygen atoms in total. The third kappa shape index (κ3) is 5.39. The van der Waals surface area contributed by atoms with Crippen LogP contribution in [0.25, 0.3) is 33.1 Å². The Labute approximate surface area is 245 Å². The molecule has 0 saturated carbocycles. The molecule has 6 rings (SSSR count). The topological polar surface area (TPSA) is 123 Å². The van der Waals surface area contributed by atoms with Crippen molar-refractivity contribution in [2.24, 2.45) is 5.73 Å². The summed E-state index contributed by atoms with van der Waals surface area (Å²) in [4.78, 5) is 22.4. The number of anilines is 3. The maximum atomic E-state index is 13.1. The number of nitrogen functional groups attached to an aromatic ring is 1. The summed E-state index contributed by atoms with van der Waals surface area (Å²) in [5.41, 5.74) is 16.6. The van der Waals surface area contributed by atoms with Gasteiger partial charge in [0.05, 0.1) is 23.1 Å². The van der Waals surface area contributed by atoms with Crippen molar-refractivity contribution in [2.45, 2.75) is 44.8 Å². The summed E-state index contributed by atoms with van der Waals surface area (Å²) in [6.07, 6.45) is 2.63. The van der Waals surface area contributed by atoms with E-state index in [1.165, 1.54) is 12.1 Å². The van der Waals surface area contributed by atoms with Gasteiger partial charge in [-0.1, -0.05) is 49.4 Å². The second-order valence-electron chi connectivity index (χ2n) is 10.6. The highest BCUT2D eigenvalue weighted by Crippen LogP contribution is 2.38. The van der Waals surface area contributed by atoms with Crippen molar-refractivity contribution in [1.82, 2.24) is 14.4 Å². The second-order valence-corrected chi connectivity index (χ2v) is 10.6. The molecular formula is C32H30F3N7O. The fraction of sp³-hybridized carbons (Fsp3) is 0.219. The molecule has 3 aromatic carbocycles. The molecule has 220 valence electrons. The minimum atomic E-state index is -4.52. The first-order chi connectivity index (χ1) is 20.6. The van der Waals surface area contributed by atoms with Crippen LogP contribution < -0.4 is 22.1 Å². The van der Waals surface area contributed by atoms with Crippen molar-refractivity contribution >= 4 is 45.1 Å². The number of nitrogens with zero attached hydrogens (tertiary/aromatic N) is 3. The van der Waals surface area contributed by atoms with Gasteiger partial charge in [-0.3, -0.25) is 4.40 Å². The van der Waals surface area contributed by atoms with Crippen LogP contribution in [-0.4, -0.2) is 26.4 Å². The van der Waals surface area contributed by atoms with Crippen LogP contribution in [0.1, 0.15) is 43.3 Å². The van der Waals surface area contributed by atoms with Crippen molar-refractivity contribution in [3.63, 3.8) is 0 Å². The molecule has 2 heterocycles. The number of hydrogen-bond acceptors (Lipinski definition) is 5. The Kier molecular flexibility index (Phi) is 7.26. The van der Waals surface area contributed by atoms with Gasteiger partial charge in [0.15, 0.2) is 0 Å². The van der Waals surface area contributed by atoms with Crippen LogP contribution in [0.15, 0.2) is 72.9 Å². The summed E-state index contributed by atoms with van der Waals surface area (Å²) in [7, 11) is 0. The molecule has 1 aliphatic rings. The first-order valence-electron chi connectivity index (χ1n) is 14.0. The molecule has 0 bridgehead atoms. The number of nitrogens with one attached hydrogen (secondary N) is 2. The predicted octanol–water partition coefficient (Wildman–Crippen LogP) is 7.25. The van der Waals surface area contributed by atoms with Gasteiger partial charge in [-0.25, -0.2) is 14.8 Å². The largest absolute Gasteiger partial charge is 0.416 e. The smallest absolute Gasteiger partial charge is 0.382 e. The van der Waals surface area contributed by atoms with E-state index in [0.29, 0.717) is 29.1 Å². The Morgan fingerprint density at radius 1 is 1.07 bits per heavy atom. The lowest BCUT2D eigenvalue weighted by molar-refractivity contribution is -0.137. The molecule has 43 heavy (non-hydrogen) atoms. The minimum absolute atomic E-state index is 0.0265. The van der Waals surface area contributed by atoms with E-state index < -0.39 is 17.8 Å². The van der Waals surface area contributed by atoms with E-state index in [4.69, 9.17) is 16.5 Å². The number of alkyl halides is 3. The molecule has 1 atom stereocenters. The number of fused-ring (bicyclic) bond motifs is 2. The normalized spacial score (nSPS) is 15.5. The molecule has 6 N–H and O–H groups in total. The van der Waals surface area contributed by atoms with Crippen LogP contribution in [0.5, 0.6) is 0 Å². The third-order valence-corrected chi connectivity index (χ3v) is 7.73. The number of aryl methyl sites for hydroxylation is 1. The Balaban J connectivity index is 1.40. The van der Waals surface area contributed by atoms with Gasteiger partial charge in [0.2, 0.25) is 0 Å². The van der Waals surface area contributed by atoms with E-state index in [1.54, 1.807) is 12.3 Å². The molecule has 1 aliphatic carbocycles. The number of hydrogen-bond donors (Lipinski definition) is 4. The fourth-order valence-corrected chi connectivity index (χ4v) is 5.62. The van der Waals surface area contributed by atoms with Crippen LogP contribution in [0.4, 0.5) is 35.2 Å². The number of urea groups is 1. The number of allylic oxidation sites excluding steroid dienone is 1. The molecule has 0 spiro atoms. The van der Waals surface area contributed by atoms with E-state index in [2.05, 4.69) is 26.1 Å². The van der Waals surface area contributed by atoms with Gasteiger partial charge in [-0.15, -0.1) is 0 Å². The Bertz CT molecular complexity index is 1890. The van der Waals surface area contributed by atoms with Crippen molar-refractivity contribution in [1.29, 1.82) is 0 Å². The van der Waals surface area contributed by atoms with Crippen molar-refractivity contribution < 1.29 is 18.0 Å².